The molecule has 1 rings (SSSR count). The summed E-state index contributed by atoms with van der Waals surface area (Å²) in [5, 5.41) is 0. The first-order valence-electron chi connectivity index (χ1n) is 4.48. The van der Waals surface area contributed by atoms with Crippen molar-refractivity contribution in [2.45, 2.75) is 45.6 Å². The van der Waals surface area contributed by atoms with E-state index in [1.165, 1.54) is 32.4 Å². The molecule has 1 nitrogen and oxygen atoms in total. The average molecular weight is 141 g/mol. The number of unbranched alkanes of at least 4 members (excludes halogenated alkanes) is 1. The van der Waals surface area contributed by atoms with Gasteiger partial charge in [0.15, 0.2) is 0 Å². The van der Waals surface area contributed by atoms with E-state index in [1.54, 1.807) is 0 Å². The summed E-state index contributed by atoms with van der Waals surface area (Å²) in [6.07, 6.45) is 4.02. The second-order valence-corrected chi connectivity index (χ2v) is 3.63. The molecule has 1 aliphatic rings. The summed E-state index contributed by atoms with van der Waals surface area (Å²) in [5.74, 6) is 0. The standard InChI is InChI=1S/C9H19N/c1-4-6-7-10-8-9(10,3)5-2/h4-8H2,1-3H3. The van der Waals surface area contributed by atoms with Gasteiger partial charge in [0.05, 0.1) is 0 Å². The zero-order valence-corrected chi connectivity index (χ0v) is 7.48. The van der Waals surface area contributed by atoms with Gasteiger partial charge in [0.1, 0.15) is 0 Å². The third-order valence-electron chi connectivity index (χ3n) is 2.73. The second kappa shape index (κ2) is 2.91. The van der Waals surface area contributed by atoms with Crippen LogP contribution in [0.4, 0.5) is 0 Å². The van der Waals surface area contributed by atoms with Crippen LogP contribution in [0.2, 0.25) is 0 Å². The van der Waals surface area contributed by atoms with E-state index >= 15 is 0 Å². The summed E-state index contributed by atoms with van der Waals surface area (Å²) in [5.41, 5.74) is 0.592. The highest BCUT2D eigenvalue weighted by molar-refractivity contribution is 5.01. The Morgan fingerprint density at radius 2 is 2.10 bits per heavy atom. The quantitative estimate of drug-likeness (QED) is 0.543. The van der Waals surface area contributed by atoms with Crippen LogP contribution in [-0.4, -0.2) is 23.5 Å². The molecular weight excluding hydrogens is 122 g/mol. The van der Waals surface area contributed by atoms with E-state index in [2.05, 4.69) is 25.7 Å². The molecule has 1 saturated heterocycles. The third-order valence-corrected chi connectivity index (χ3v) is 2.73. The highest BCUT2D eigenvalue weighted by Gasteiger charge is 2.44. The first-order valence-corrected chi connectivity index (χ1v) is 4.48. The number of rotatable bonds is 4. The van der Waals surface area contributed by atoms with E-state index in [-0.39, 0.29) is 0 Å². The molecule has 10 heavy (non-hydrogen) atoms. The van der Waals surface area contributed by atoms with Crippen LogP contribution >= 0.6 is 0 Å². The Morgan fingerprint density at radius 3 is 2.50 bits per heavy atom. The fourth-order valence-electron chi connectivity index (χ4n) is 1.41. The summed E-state index contributed by atoms with van der Waals surface area (Å²) >= 11 is 0. The third kappa shape index (κ3) is 1.51. The molecule has 0 saturated carbocycles. The monoisotopic (exact) mass is 141 g/mol. The van der Waals surface area contributed by atoms with Gasteiger partial charge < -0.3 is 0 Å². The van der Waals surface area contributed by atoms with E-state index in [0.717, 1.165) is 0 Å². The lowest BCUT2D eigenvalue weighted by Gasteiger charge is -2.07. The molecule has 0 aromatic carbocycles. The van der Waals surface area contributed by atoms with Crippen LogP contribution in [0, 0.1) is 0 Å². The first-order chi connectivity index (χ1) is 4.73. The minimum absolute atomic E-state index is 0.592. The number of hydrogen-bond acceptors (Lipinski definition) is 1. The lowest BCUT2D eigenvalue weighted by Crippen LogP contribution is -2.13. The molecule has 1 aliphatic heterocycles. The summed E-state index contributed by atoms with van der Waals surface area (Å²) < 4.78 is 0. The Hall–Kier alpha value is -0.0400. The minimum Gasteiger partial charge on any atom is -0.295 e. The van der Waals surface area contributed by atoms with Gasteiger partial charge in [0.25, 0.3) is 0 Å². The lowest BCUT2D eigenvalue weighted by atomic mass is 10.1. The van der Waals surface area contributed by atoms with Gasteiger partial charge in [-0.25, -0.2) is 0 Å². The predicted octanol–water partition coefficient (Wildman–Crippen LogP) is 2.27. The molecule has 2 atom stereocenters. The highest BCUT2D eigenvalue weighted by Crippen LogP contribution is 2.34. The van der Waals surface area contributed by atoms with Crippen molar-refractivity contribution in [3.8, 4) is 0 Å². The zero-order chi connectivity index (χ0) is 7.61. The molecular formula is C9H19N. The number of nitrogens with zero attached hydrogens (tertiary/aromatic N) is 1. The summed E-state index contributed by atoms with van der Waals surface area (Å²) in [6, 6.07) is 0. The van der Waals surface area contributed by atoms with Gasteiger partial charge in [-0.3, -0.25) is 4.90 Å². The van der Waals surface area contributed by atoms with Crippen molar-refractivity contribution in [1.82, 2.24) is 4.90 Å². The maximum absolute atomic E-state index is 2.58. The van der Waals surface area contributed by atoms with Crippen LogP contribution in [0.5, 0.6) is 0 Å². The largest absolute Gasteiger partial charge is 0.295 e. The normalized spacial score (nSPS) is 38.1. The highest BCUT2D eigenvalue weighted by atomic mass is 15.3. The Labute approximate surface area is 64.4 Å². The zero-order valence-electron chi connectivity index (χ0n) is 7.48. The molecule has 0 bridgehead atoms. The summed E-state index contributed by atoms with van der Waals surface area (Å²) in [6.45, 7) is 9.56. The minimum atomic E-state index is 0.592. The van der Waals surface area contributed by atoms with E-state index in [4.69, 9.17) is 0 Å². The molecule has 0 amide bonds. The average Bonchev–Trinajstić information content (AvgIpc) is 2.59. The number of hydrogen-bond donors (Lipinski definition) is 0. The fraction of sp³-hybridized carbons (Fsp3) is 1.00. The SMILES string of the molecule is CCCCN1CC1(C)CC. The van der Waals surface area contributed by atoms with E-state index < -0.39 is 0 Å². The molecule has 60 valence electrons. The molecule has 1 heterocycles. The van der Waals surface area contributed by atoms with Crippen molar-refractivity contribution in [3.05, 3.63) is 0 Å². The van der Waals surface area contributed by atoms with E-state index in [9.17, 15) is 0 Å². The smallest absolute Gasteiger partial charge is 0.0306 e. The van der Waals surface area contributed by atoms with Crippen molar-refractivity contribution in [3.63, 3.8) is 0 Å². The van der Waals surface area contributed by atoms with Gasteiger partial charge in [-0.2, -0.15) is 0 Å². The fourth-order valence-corrected chi connectivity index (χ4v) is 1.41. The predicted molar refractivity (Wildman–Crippen MR) is 45.2 cm³/mol. The molecule has 0 aromatic heterocycles. The van der Waals surface area contributed by atoms with Crippen LogP contribution in [-0.2, 0) is 0 Å². The molecule has 1 fully saturated rings. The van der Waals surface area contributed by atoms with Crippen molar-refractivity contribution in [2.75, 3.05) is 13.1 Å². The van der Waals surface area contributed by atoms with Gasteiger partial charge in [-0.15, -0.1) is 0 Å². The molecule has 0 aliphatic carbocycles. The molecule has 0 aromatic rings. The lowest BCUT2D eigenvalue weighted by molar-refractivity contribution is 0.407. The molecule has 0 N–H and O–H groups in total. The Morgan fingerprint density at radius 1 is 1.40 bits per heavy atom. The van der Waals surface area contributed by atoms with Gasteiger partial charge >= 0.3 is 0 Å². The van der Waals surface area contributed by atoms with E-state index in [1.807, 2.05) is 0 Å². The first kappa shape index (κ1) is 8.06. The van der Waals surface area contributed by atoms with Crippen LogP contribution in [0.1, 0.15) is 40.0 Å². The second-order valence-electron chi connectivity index (χ2n) is 3.63. The Kier molecular flexibility index (Phi) is 2.35. The maximum atomic E-state index is 2.58. The Bertz CT molecular complexity index is 111. The molecule has 1 heteroatoms. The summed E-state index contributed by atoms with van der Waals surface area (Å²) in [7, 11) is 0. The van der Waals surface area contributed by atoms with Gasteiger partial charge in [-0.05, 0) is 26.3 Å². The summed E-state index contributed by atoms with van der Waals surface area (Å²) in [4.78, 5) is 2.58. The maximum Gasteiger partial charge on any atom is 0.0306 e. The Balaban J connectivity index is 2.12. The van der Waals surface area contributed by atoms with Gasteiger partial charge in [0.2, 0.25) is 0 Å². The van der Waals surface area contributed by atoms with Crippen molar-refractivity contribution >= 4 is 0 Å². The molecule has 2 unspecified atom stereocenters. The van der Waals surface area contributed by atoms with Gasteiger partial charge in [-0.1, -0.05) is 20.3 Å². The van der Waals surface area contributed by atoms with Crippen molar-refractivity contribution < 1.29 is 0 Å². The molecule has 0 radical (unpaired) electrons. The van der Waals surface area contributed by atoms with Crippen LogP contribution in [0.3, 0.4) is 0 Å². The van der Waals surface area contributed by atoms with Gasteiger partial charge in [0, 0.05) is 12.1 Å². The molecule has 0 spiro atoms. The van der Waals surface area contributed by atoms with E-state index in [0.29, 0.717) is 5.54 Å². The van der Waals surface area contributed by atoms with Crippen LogP contribution in [0.15, 0.2) is 0 Å². The van der Waals surface area contributed by atoms with Crippen LogP contribution < -0.4 is 0 Å². The van der Waals surface area contributed by atoms with Crippen molar-refractivity contribution in [2.24, 2.45) is 0 Å². The van der Waals surface area contributed by atoms with Crippen molar-refractivity contribution in [1.29, 1.82) is 0 Å². The van der Waals surface area contributed by atoms with Crippen LogP contribution in [0.25, 0.3) is 0 Å². The topological polar surface area (TPSA) is 3.01 Å².